The van der Waals surface area contributed by atoms with Crippen LogP contribution >= 0.6 is 11.8 Å². The molecule has 0 aliphatic rings. The third-order valence-corrected chi connectivity index (χ3v) is 2.75. The van der Waals surface area contributed by atoms with Crippen molar-refractivity contribution in [3.63, 3.8) is 0 Å². The molecule has 0 rings (SSSR count). The van der Waals surface area contributed by atoms with Gasteiger partial charge in [-0.2, -0.15) is 0 Å². The van der Waals surface area contributed by atoms with Crippen molar-refractivity contribution in [2.24, 2.45) is 0 Å². The van der Waals surface area contributed by atoms with Gasteiger partial charge < -0.3 is 5.32 Å². The van der Waals surface area contributed by atoms with Crippen LogP contribution in [0.15, 0.2) is 47.2 Å². The number of carbonyl (C=O) groups is 1. The summed E-state index contributed by atoms with van der Waals surface area (Å²) >= 11 is 1.42. The quantitative estimate of drug-likeness (QED) is 0.567. The van der Waals surface area contributed by atoms with Crippen molar-refractivity contribution in [1.82, 2.24) is 5.32 Å². The first-order valence-electron chi connectivity index (χ1n) is 4.97. The van der Waals surface area contributed by atoms with Crippen LogP contribution < -0.4 is 5.32 Å². The summed E-state index contributed by atoms with van der Waals surface area (Å²) < 4.78 is 0. The third kappa shape index (κ3) is 4.53. The Hall–Kier alpha value is -1.22. The molecule has 0 spiro atoms. The van der Waals surface area contributed by atoms with Crippen molar-refractivity contribution in [2.45, 2.75) is 20.8 Å². The van der Waals surface area contributed by atoms with Gasteiger partial charge >= 0.3 is 0 Å². The number of hydrogen-bond acceptors (Lipinski definition) is 3. The summed E-state index contributed by atoms with van der Waals surface area (Å²) in [5.41, 5.74) is 2.12. The molecule has 0 aliphatic carbocycles. The molecule has 0 saturated heterocycles. The van der Waals surface area contributed by atoms with E-state index in [0.717, 1.165) is 11.4 Å². The van der Waals surface area contributed by atoms with E-state index in [-0.39, 0.29) is 5.78 Å². The van der Waals surface area contributed by atoms with Crippen LogP contribution in [0.1, 0.15) is 20.8 Å². The standard InChI is InChI=1S/C13H19NOS/c1-7-8-10(4)14-11(5)13(16-6)12(15)9(2)3/h7-8,14H,2,4H2,1,3,5-6H3/b8-7-,13-11+. The molecule has 0 radical (unpaired) electrons. The SMILES string of the molecule is C=C(/C=C\C)N/C(C)=C(/SC)C(=O)C(=C)C. The zero-order valence-electron chi connectivity index (χ0n) is 10.4. The topological polar surface area (TPSA) is 29.1 Å². The zero-order chi connectivity index (χ0) is 12.7. The molecule has 88 valence electrons. The molecule has 16 heavy (non-hydrogen) atoms. The van der Waals surface area contributed by atoms with Crippen LogP contribution in [0.5, 0.6) is 0 Å². The Labute approximate surface area is 102 Å². The van der Waals surface area contributed by atoms with Gasteiger partial charge in [0.05, 0.1) is 4.91 Å². The number of allylic oxidation sites excluding steroid dienone is 5. The summed E-state index contributed by atoms with van der Waals surface area (Å²) in [4.78, 5) is 12.5. The first kappa shape index (κ1) is 14.8. The van der Waals surface area contributed by atoms with Gasteiger partial charge in [0, 0.05) is 11.4 Å². The van der Waals surface area contributed by atoms with E-state index in [1.165, 1.54) is 11.8 Å². The van der Waals surface area contributed by atoms with Crippen molar-refractivity contribution in [1.29, 1.82) is 0 Å². The maximum absolute atomic E-state index is 11.8. The predicted octanol–water partition coefficient (Wildman–Crippen LogP) is 3.41. The van der Waals surface area contributed by atoms with Crippen molar-refractivity contribution >= 4 is 17.5 Å². The second kappa shape index (κ2) is 7.12. The molecule has 0 aromatic rings. The Morgan fingerprint density at radius 3 is 2.25 bits per heavy atom. The molecule has 0 unspecified atom stereocenters. The maximum atomic E-state index is 11.8. The highest BCUT2D eigenvalue weighted by atomic mass is 32.2. The van der Waals surface area contributed by atoms with Crippen LogP contribution in [0.2, 0.25) is 0 Å². The molecule has 0 saturated carbocycles. The van der Waals surface area contributed by atoms with E-state index >= 15 is 0 Å². The van der Waals surface area contributed by atoms with Gasteiger partial charge in [-0.1, -0.05) is 19.2 Å². The van der Waals surface area contributed by atoms with E-state index in [9.17, 15) is 4.79 Å². The summed E-state index contributed by atoms with van der Waals surface area (Å²) in [7, 11) is 0. The first-order chi connectivity index (χ1) is 7.43. The Morgan fingerprint density at radius 2 is 1.88 bits per heavy atom. The van der Waals surface area contributed by atoms with E-state index in [0.29, 0.717) is 10.5 Å². The highest BCUT2D eigenvalue weighted by molar-refractivity contribution is 8.03. The Bertz CT molecular complexity index is 364. The molecule has 2 nitrogen and oxygen atoms in total. The fraction of sp³-hybridized carbons (Fsp3) is 0.308. The van der Waals surface area contributed by atoms with Gasteiger partial charge in [0.2, 0.25) is 0 Å². The molecular formula is C13H19NOS. The Kier molecular flexibility index (Phi) is 6.58. The number of hydrogen-bond donors (Lipinski definition) is 1. The second-order valence-electron chi connectivity index (χ2n) is 3.42. The smallest absolute Gasteiger partial charge is 0.196 e. The average molecular weight is 237 g/mol. The van der Waals surface area contributed by atoms with Gasteiger partial charge in [0.15, 0.2) is 5.78 Å². The van der Waals surface area contributed by atoms with E-state index in [2.05, 4.69) is 18.5 Å². The van der Waals surface area contributed by atoms with Gasteiger partial charge in [0.25, 0.3) is 0 Å². The number of rotatable bonds is 6. The molecule has 0 aromatic carbocycles. The van der Waals surface area contributed by atoms with Crippen molar-refractivity contribution in [3.8, 4) is 0 Å². The van der Waals surface area contributed by atoms with E-state index in [4.69, 9.17) is 0 Å². The van der Waals surface area contributed by atoms with Crippen LogP contribution in [-0.4, -0.2) is 12.0 Å². The number of nitrogens with one attached hydrogen (secondary N) is 1. The molecule has 1 N–H and O–H groups in total. The molecule has 0 aliphatic heterocycles. The molecule has 0 atom stereocenters. The second-order valence-corrected chi connectivity index (χ2v) is 4.23. The van der Waals surface area contributed by atoms with E-state index in [1.807, 2.05) is 32.3 Å². The largest absolute Gasteiger partial charge is 0.359 e. The lowest BCUT2D eigenvalue weighted by Crippen LogP contribution is -2.14. The van der Waals surface area contributed by atoms with Crippen LogP contribution in [0.25, 0.3) is 0 Å². The predicted molar refractivity (Wildman–Crippen MR) is 73.1 cm³/mol. The fourth-order valence-corrected chi connectivity index (χ4v) is 1.87. The first-order valence-corrected chi connectivity index (χ1v) is 6.20. The minimum absolute atomic E-state index is 0.0224. The highest BCUT2D eigenvalue weighted by Crippen LogP contribution is 2.20. The lowest BCUT2D eigenvalue weighted by atomic mass is 10.2. The molecule has 0 aromatic heterocycles. The summed E-state index contributed by atoms with van der Waals surface area (Å²) in [5.74, 6) is -0.0224. The molecule has 0 bridgehead atoms. The minimum Gasteiger partial charge on any atom is -0.359 e. The lowest BCUT2D eigenvalue weighted by Gasteiger charge is -2.11. The van der Waals surface area contributed by atoms with Gasteiger partial charge in [-0.15, -0.1) is 11.8 Å². The number of ketones is 1. The molecule has 0 amide bonds. The summed E-state index contributed by atoms with van der Waals surface area (Å²) in [5, 5.41) is 3.08. The van der Waals surface area contributed by atoms with Crippen molar-refractivity contribution < 1.29 is 4.79 Å². The number of thioether (sulfide) groups is 1. The van der Waals surface area contributed by atoms with Gasteiger partial charge in [0.1, 0.15) is 0 Å². The van der Waals surface area contributed by atoms with Crippen LogP contribution in [0, 0.1) is 0 Å². The summed E-state index contributed by atoms with van der Waals surface area (Å²) in [6.07, 6.45) is 5.62. The zero-order valence-corrected chi connectivity index (χ0v) is 11.2. The van der Waals surface area contributed by atoms with Gasteiger partial charge in [-0.05, 0) is 38.7 Å². The summed E-state index contributed by atoms with van der Waals surface area (Å²) in [6, 6.07) is 0. The molecule has 0 heterocycles. The molecular weight excluding hydrogens is 218 g/mol. The normalized spacial score (nSPS) is 12.2. The third-order valence-electron chi connectivity index (χ3n) is 1.85. The molecule has 3 heteroatoms. The monoisotopic (exact) mass is 237 g/mol. The lowest BCUT2D eigenvalue weighted by molar-refractivity contribution is -0.111. The number of carbonyl (C=O) groups excluding carboxylic acids is 1. The minimum atomic E-state index is -0.0224. The molecule has 0 fully saturated rings. The van der Waals surface area contributed by atoms with Gasteiger partial charge in [-0.3, -0.25) is 4.79 Å². The van der Waals surface area contributed by atoms with Crippen molar-refractivity contribution in [2.75, 3.05) is 6.26 Å². The number of Topliss-reactive ketones (excluding diaryl/α,β-unsaturated/α-hetero) is 1. The Morgan fingerprint density at radius 1 is 1.31 bits per heavy atom. The average Bonchev–Trinajstić information content (AvgIpc) is 2.18. The summed E-state index contributed by atoms with van der Waals surface area (Å²) in [6.45, 7) is 13.0. The fourth-order valence-electron chi connectivity index (χ4n) is 1.15. The van der Waals surface area contributed by atoms with Gasteiger partial charge in [-0.25, -0.2) is 0 Å². The van der Waals surface area contributed by atoms with Crippen LogP contribution in [0.3, 0.4) is 0 Å². The van der Waals surface area contributed by atoms with E-state index < -0.39 is 0 Å². The maximum Gasteiger partial charge on any atom is 0.196 e. The van der Waals surface area contributed by atoms with Crippen molar-refractivity contribution in [3.05, 3.63) is 47.2 Å². The van der Waals surface area contributed by atoms with E-state index in [1.54, 1.807) is 6.92 Å². The van der Waals surface area contributed by atoms with Crippen LogP contribution in [-0.2, 0) is 4.79 Å². The highest BCUT2D eigenvalue weighted by Gasteiger charge is 2.12. The Balaban J connectivity index is 4.95. The van der Waals surface area contributed by atoms with Crippen LogP contribution in [0.4, 0.5) is 0 Å².